The maximum Gasteiger partial charge on any atom is 0.313 e. The molecule has 0 spiro atoms. The summed E-state index contributed by atoms with van der Waals surface area (Å²) in [5, 5.41) is 8.39. The molecule has 0 saturated carbocycles. The van der Waals surface area contributed by atoms with E-state index in [1.165, 1.54) is 37.7 Å². The van der Waals surface area contributed by atoms with Crippen LogP contribution in [0.4, 0.5) is 0 Å². The highest BCUT2D eigenvalue weighted by molar-refractivity contribution is 7.99. The summed E-state index contributed by atoms with van der Waals surface area (Å²) in [4.78, 5) is 12.6. The third kappa shape index (κ3) is 5.16. The lowest BCUT2D eigenvalue weighted by Gasteiger charge is -2.13. The Bertz CT molecular complexity index is 158. The van der Waals surface area contributed by atoms with Crippen molar-refractivity contribution in [1.82, 2.24) is 4.90 Å². The van der Waals surface area contributed by atoms with Crippen molar-refractivity contribution in [2.45, 2.75) is 19.3 Å². The molecule has 1 aliphatic rings. The molecular formula is C9H17NO2S. The average Bonchev–Trinajstić information content (AvgIpc) is 2.55. The van der Waals surface area contributed by atoms with Crippen LogP contribution in [0.1, 0.15) is 19.3 Å². The van der Waals surface area contributed by atoms with Gasteiger partial charge in [0.05, 0.1) is 5.75 Å². The van der Waals surface area contributed by atoms with Gasteiger partial charge in [0.25, 0.3) is 0 Å². The van der Waals surface area contributed by atoms with Crippen LogP contribution in [-0.4, -0.2) is 47.1 Å². The summed E-state index contributed by atoms with van der Waals surface area (Å²) in [6.07, 6.45) is 3.79. The standard InChI is InChI=1S/C9H17NO2S/c11-9(12)8-13-7-3-6-10-4-1-2-5-10/h1-8H2,(H,11,12). The van der Waals surface area contributed by atoms with E-state index in [0.717, 1.165) is 18.7 Å². The minimum atomic E-state index is -0.703. The molecule has 76 valence electrons. The molecule has 0 unspecified atom stereocenters. The van der Waals surface area contributed by atoms with Gasteiger partial charge in [-0.3, -0.25) is 4.79 Å². The van der Waals surface area contributed by atoms with Gasteiger partial charge in [-0.2, -0.15) is 11.8 Å². The monoisotopic (exact) mass is 203 g/mol. The number of thioether (sulfide) groups is 1. The van der Waals surface area contributed by atoms with Gasteiger partial charge in [-0.15, -0.1) is 0 Å². The van der Waals surface area contributed by atoms with Gasteiger partial charge >= 0.3 is 5.97 Å². The van der Waals surface area contributed by atoms with Gasteiger partial charge in [0.2, 0.25) is 0 Å². The zero-order valence-electron chi connectivity index (χ0n) is 7.87. The summed E-state index contributed by atoms with van der Waals surface area (Å²) in [7, 11) is 0. The van der Waals surface area contributed by atoms with E-state index < -0.39 is 5.97 Å². The molecule has 0 bridgehead atoms. The Balaban J connectivity index is 1.86. The lowest BCUT2D eigenvalue weighted by Crippen LogP contribution is -2.20. The zero-order valence-corrected chi connectivity index (χ0v) is 8.68. The van der Waals surface area contributed by atoms with E-state index in [1.807, 2.05) is 0 Å². The number of rotatable bonds is 6. The molecule has 0 atom stereocenters. The molecule has 1 N–H and O–H groups in total. The summed E-state index contributed by atoms with van der Waals surface area (Å²) in [5.74, 6) is 0.522. The number of carbonyl (C=O) groups is 1. The van der Waals surface area contributed by atoms with Gasteiger partial charge in [-0.1, -0.05) is 0 Å². The van der Waals surface area contributed by atoms with Crippen molar-refractivity contribution >= 4 is 17.7 Å². The van der Waals surface area contributed by atoms with Crippen molar-refractivity contribution in [1.29, 1.82) is 0 Å². The number of likely N-dealkylation sites (tertiary alicyclic amines) is 1. The number of hydrogen-bond donors (Lipinski definition) is 1. The van der Waals surface area contributed by atoms with E-state index >= 15 is 0 Å². The normalized spacial score (nSPS) is 17.8. The van der Waals surface area contributed by atoms with Gasteiger partial charge in [0, 0.05) is 0 Å². The van der Waals surface area contributed by atoms with E-state index in [-0.39, 0.29) is 5.75 Å². The second kappa shape index (κ2) is 6.27. The Morgan fingerprint density at radius 2 is 2.08 bits per heavy atom. The van der Waals surface area contributed by atoms with Crippen molar-refractivity contribution in [2.24, 2.45) is 0 Å². The predicted molar refractivity (Wildman–Crippen MR) is 55.3 cm³/mol. The van der Waals surface area contributed by atoms with Crippen LogP contribution in [0.2, 0.25) is 0 Å². The molecule has 4 heteroatoms. The quantitative estimate of drug-likeness (QED) is 0.660. The van der Waals surface area contributed by atoms with Gasteiger partial charge in [-0.25, -0.2) is 0 Å². The fourth-order valence-corrected chi connectivity index (χ4v) is 2.21. The summed E-state index contributed by atoms with van der Waals surface area (Å²) < 4.78 is 0. The predicted octanol–water partition coefficient (Wildman–Crippen LogP) is 1.29. The van der Waals surface area contributed by atoms with E-state index in [9.17, 15) is 4.79 Å². The number of carboxylic acid groups (broad SMARTS) is 1. The third-order valence-corrected chi connectivity index (χ3v) is 3.22. The summed E-state index contributed by atoms with van der Waals surface area (Å²) in [5.41, 5.74) is 0. The highest BCUT2D eigenvalue weighted by Gasteiger charge is 2.10. The molecule has 0 aromatic rings. The van der Waals surface area contributed by atoms with Crippen molar-refractivity contribution in [3.63, 3.8) is 0 Å². The Labute approximate surface area is 83.5 Å². The largest absolute Gasteiger partial charge is 0.481 e. The smallest absolute Gasteiger partial charge is 0.313 e. The Kier molecular flexibility index (Phi) is 5.23. The van der Waals surface area contributed by atoms with E-state index in [1.54, 1.807) is 0 Å². The lowest BCUT2D eigenvalue weighted by atomic mass is 10.4. The Hall–Kier alpha value is -0.220. The van der Waals surface area contributed by atoms with Crippen LogP contribution < -0.4 is 0 Å². The van der Waals surface area contributed by atoms with Crippen LogP contribution in [-0.2, 0) is 4.79 Å². The van der Waals surface area contributed by atoms with E-state index in [4.69, 9.17) is 5.11 Å². The second-order valence-electron chi connectivity index (χ2n) is 3.35. The molecule has 1 heterocycles. The van der Waals surface area contributed by atoms with Gasteiger partial charge < -0.3 is 10.0 Å². The van der Waals surface area contributed by atoms with Crippen molar-refractivity contribution in [3.05, 3.63) is 0 Å². The van der Waals surface area contributed by atoms with Crippen molar-refractivity contribution < 1.29 is 9.90 Å². The van der Waals surface area contributed by atoms with E-state index in [0.29, 0.717) is 0 Å². The first-order chi connectivity index (χ1) is 6.29. The Morgan fingerprint density at radius 1 is 1.38 bits per heavy atom. The molecule has 1 rings (SSSR count). The average molecular weight is 203 g/mol. The van der Waals surface area contributed by atoms with Crippen LogP contribution in [0.5, 0.6) is 0 Å². The molecule has 1 saturated heterocycles. The second-order valence-corrected chi connectivity index (χ2v) is 4.45. The highest BCUT2D eigenvalue weighted by atomic mass is 32.2. The van der Waals surface area contributed by atoms with Crippen LogP contribution in [0, 0.1) is 0 Å². The number of hydrogen-bond acceptors (Lipinski definition) is 3. The number of carboxylic acids is 1. The molecule has 0 aliphatic carbocycles. The molecular weight excluding hydrogens is 186 g/mol. The minimum absolute atomic E-state index is 0.250. The van der Waals surface area contributed by atoms with Crippen LogP contribution in [0.15, 0.2) is 0 Å². The lowest BCUT2D eigenvalue weighted by molar-refractivity contribution is -0.133. The highest BCUT2D eigenvalue weighted by Crippen LogP contribution is 2.09. The molecule has 0 amide bonds. The van der Waals surface area contributed by atoms with Crippen LogP contribution in [0.25, 0.3) is 0 Å². The summed E-state index contributed by atoms with van der Waals surface area (Å²) in [6.45, 7) is 3.62. The molecule has 0 aromatic heterocycles. The summed E-state index contributed by atoms with van der Waals surface area (Å²) >= 11 is 1.52. The van der Waals surface area contributed by atoms with Crippen LogP contribution >= 0.6 is 11.8 Å². The molecule has 3 nitrogen and oxygen atoms in total. The first-order valence-corrected chi connectivity index (χ1v) is 5.96. The maximum absolute atomic E-state index is 10.2. The summed E-state index contributed by atoms with van der Waals surface area (Å²) in [6, 6.07) is 0. The third-order valence-electron chi connectivity index (χ3n) is 2.19. The minimum Gasteiger partial charge on any atom is -0.481 e. The maximum atomic E-state index is 10.2. The first-order valence-electron chi connectivity index (χ1n) is 4.81. The molecule has 13 heavy (non-hydrogen) atoms. The van der Waals surface area contributed by atoms with Gasteiger partial charge in [0.1, 0.15) is 0 Å². The van der Waals surface area contributed by atoms with Crippen molar-refractivity contribution in [3.8, 4) is 0 Å². The Morgan fingerprint density at radius 3 is 2.69 bits per heavy atom. The van der Waals surface area contributed by atoms with Crippen molar-refractivity contribution in [2.75, 3.05) is 31.1 Å². The number of nitrogens with zero attached hydrogens (tertiary/aromatic N) is 1. The SMILES string of the molecule is O=C(O)CSCCCN1CCCC1. The fourth-order valence-electron chi connectivity index (χ4n) is 1.56. The molecule has 0 radical (unpaired) electrons. The van der Waals surface area contributed by atoms with Gasteiger partial charge in [-0.05, 0) is 44.6 Å². The molecule has 1 fully saturated rings. The zero-order chi connectivity index (χ0) is 9.52. The number of aliphatic carboxylic acids is 1. The molecule has 0 aromatic carbocycles. The fraction of sp³-hybridized carbons (Fsp3) is 0.889. The van der Waals surface area contributed by atoms with Gasteiger partial charge in [0.15, 0.2) is 0 Å². The van der Waals surface area contributed by atoms with Crippen LogP contribution in [0.3, 0.4) is 0 Å². The first kappa shape index (κ1) is 10.9. The molecule has 1 aliphatic heterocycles. The topological polar surface area (TPSA) is 40.5 Å². The van der Waals surface area contributed by atoms with E-state index in [2.05, 4.69) is 4.90 Å².